The molecule has 1 N–H and O–H groups in total. The Morgan fingerprint density at radius 2 is 1.89 bits per heavy atom. The molecule has 1 saturated carbocycles. The molecule has 27 heavy (non-hydrogen) atoms. The van der Waals surface area contributed by atoms with Gasteiger partial charge in [0.2, 0.25) is 5.91 Å². The number of fused-ring (bicyclic) bond motifs is 1. The highest BCUT2D eigenvalue weighted by Gasteiger charge is 2.33. The number of imidazole rings is 1. The first kappa shape index (κ1) is 18.1. The van der Waals surface area contributed by atoms with E-state index in [-0.39, 0.29) is 11.9 Å². The predicted molar refractivity (Wildman–Crippen MR) is 111 cm³/mol. The zero-order chi connectivity index (χ0) is 18.8. The smallest absolute Gasteiger partial charge is 0.230 e. The van der Waals surface area contributed by atoms with Gasteiger partial charge >= 0.3 is 0 Å². The number of rotatable bonds is 7. The van der Waals surface area contributed by atoms with Crippen LogP contribution in [0.5, 0.6) is 0 Å². The molecule has 0 radical (unpaired) electrons. The Labute approximate surface area is 164 Å². The van der Waals surface area contributed by atoms with Gasteiger partial charge in [-0.3, -0.25) is 4.79 Å². The van der Waals surface area contributed by atoms with Crippen LogP contribution in [0.15, 0.2) is 48.8 Å². The van der Waals surface area contributed by atoms with E-state index in [0.29, 0.717) is 11.7 Å². The van der Waals surface area contributed by atoms with Crippen molar-refractivity contribution in [2.45, 2.75) is 38.5 Å². The van der Waals surface area contributed by atoms with Crippen molar-refractivity contribution in [3.8, 4) is 0 Å². The van der Waals surface area contributed by atoms with Crippen LogP contribution in [0.2, 0.25) is 0 Å². The number of hydrogen-bond acceptors (Lipinski definition) is 3. The molecule has 0 bridgehead atoms. The van der Waals surface area contributed by atoms with Crippen LogP contribution in [0, 0.1) is 19.8 Å². The van der Waals surface area contributed by atoms with Crippen molar-refractivity contribution in [2.24, 2.45) is 5.92 Å². The standard InChI is InChI=1S/C22H25N3OS/c1-15-3-6-17(7-4-15)22(18-8-9-18)24-21(26)14-27-13-19-12-25-11-16(2)5-10-20(25)23-19/h3-7,10-12,18,22H,8-9,13-14H2,1-2H3,(H,24,26). The van der Waals surface area contributed by atoms with Crippen LogP contribution in [0.3, 0.4) is 0 Å². The number of aromatic nitrogens is 2. The quantitative estimate of drug-likeness (QED) is 0.660. The minimum absolute atomic E-state index is 0.108. The maximum atomic E-state index is 12.5. The fraction of sp³-hybridized carbons (Fsp3) is 0.364. The van der Waals surface area contributed by atoms with Gasteiger partial charge in [0.25, 0.3) is 0 Å². The molecule has 2 aromatic heterocycles. The Morgan fingerprint density at radius 1 is 1.15 bits per heavy atom. The number of thioether (sulfide) groups is 1. The van der Waals surface area contributed by atoms with Gasteiger partial charge < -0.3 is 9.72 Å². The van der Waals surface area contributed by atoms with E-state index in [1.807, 2.05) is 16.7 Å². The van der Waals surface area contributed by atoms with Crippen molar-refractivity contribution in [3.63, 3.8) is 0 Å². The zero-order valence-electron chi connectivity index (χ0n) is 15.8. The fourth-order valence-electron chi connectivity index (χ4n) is 3.37. The van der Waals surface area contributed by atoms with E-state index in [2.05, 4.69) is 60.7 Å². The maximum Gasteiger partial charge on any atom is 0.230 e. The molecule has 1 atom stereocenters. The first-order valence-electron chi connectivity index (χ1n) is 9.46. The second-order valence-corrected chi connectivity index (χ2v) is 8.48. The second kappa shape index (κ2) is 7.77. The zero-order valence-corrected chi connectivity index (χ0v) is 16.6. The lowest BCUT2D eigenvalue weighted by Crippen LogP contribution is -2.31. The minimum Gasteiger partial charge on any atom is -0.348 e. The van der Waals surface area contributed by atoms with E-state index >= 15 is 0 Å². The van der Waals surface area contributed by atoms with Gasteiger partial charge in [0.05, 0.1) is 17.5 Å². The summed E-state index contributed by atoms with van der Waals surface area (Å²) < 4.78 is 2.05. The van der Waals surface area contributed by atoms with Crippen LogP contribution < -0.4 is 5.32 Å². The molecular weight excluding hydrogens is 354 g/mol. The lowest BCUT2D eigenvalue weighted by molar-refractivity contribution is -0.119. The van der Waals surface area contributed by atoms with Gasteiger partial charge in [-0.15, -0.1) is 11.8 Å². The topological polar surface area (TPSA) is 46.4 Å². The summed E-state index contributed by atoms with van der Waals surface area (Å²) in [7, 11) is 0. The van der Waals surface area contributed by atoms with Gasteiger partial charge in [-0.2, -0.15) is 0 Å². The molecule has 1 aliphatic rings. The van der Waals surface area contributed by atoms with E-state index in [1.165, 1.54) is 29.5 Å². The van der Waals surface area contributed by atoms with Crippen molar-refractivity contribution in [1.82, 2.24) is 14.7 Å². The summed E-state index contributed by atoms with van der Waals surface area (Å²) in [5.74, 6) is 1.90. The van der Waals surface area contributed by atoms with Crippen molar-refractivity contribution < 1.29 is 4.79 Å². The van der Waals surface area contributed by atoms with Gasteiger partial charge in [-0.05, 0) is 49.8 Å². The molecular formula is C22H25N3OS. The fourth-order valence-corrected chi connectivity index (χ4v) is 4.08. The Hall–Kier alpha value is -2.27. The molecule has 5 heteroatoms. The van der Waals surface area contributed by atoms with Gasteiger partial charge in [-0.1, -0.05) is 35.9 Å². The number of amides is 1. The predicted octanol–water partition coefficient (Wildman–Crippen LogP) is 4.45. The Bertz CT molecular complexity index is 944. The average molecular weight is 380 g/mol. The third-order valence-corrected chi connectivity index (χ3v) is 5.94. The highest BCUT2D eigenvalue weighted by Crippen LogP contribution is 2.41. The molecule has 1 fully saturated rings. The van der Waals surface area contributed by atoms with Crippen molar-refractivity contribution in [1.29, 1.82) is 0 Å². The van der Waals surface area contributed by atoms with Crippen LogP contribution in [-0.2, 0) is 10.5 Å². The molecule has 1 aliphatic carbocycles. The van der Waals surface area contributed by atoms with E-state index < -0.39 is 0 Å². The Kier molecular flexibility index (Phi) is 5.21. The molecule has 2 heterocycles. The van der Waals surface area contributed by atoms with Crippen LogP contribution >= 0.6 is 11.8 Å². The summed E-state index contributed by atoms with van der Waals surface area (Å²) in [4.78, 5) is 17.1. The number of benzene rings is 1. The first-order valence-corrected chi connectivity index (χ1v) is 10.6. The molecule has 1 amide bonds. The van der Waals surface area contributed by atoms with Crippen molar-refractivity contribution in [3.05, 3.63) is 71.2 Å². The number of carbonyl (C=O) groups is 1. The summed E-state index contributed by atoms with van der Waals surface area (Å²) in [5.41, 5.74) is 5.64. The van der Waals surface area contributed by atoms with Gasteiger partial charge in [0.15, 0.2) is 0 Å². The molecule has 0 spiro atoms. The third-order valence-electron chi connectivity index (χ3n) is 4.98. The van der Waals surface area contributed by atoms with Gasteiger partial charge in [0.1, 0.15) is 5.65 Å². The van der Waals surface area contributed by atoms with E-state index in [0.717, 1.165) is 17.1 Å². The molecule has 4 nitrogen and oxygen atoms in total. The van der Waals surface area contributed by atoms with Gasteiger partial charge in [-0.25, -0.2) is 4.98 Å². The Balaban J connectivity index is 1.32. The number of carbonyl (C=O) groups excluding carboxylic acids is 1. The number of aryl methyl sites for hydroxylation is 2. The van der Waals surface area contributed by atoms with Gasteiger partial charge in [0, 0.05) is 18.1 Å². The second-order valence-electron chi connectivity index (χ2n) is 7.49. The largest absolute Gasteiger partial charge is 0.348 e. The number of nitrogens with one attached hydrogen (secondary N) is 1. The monoisotopic (exact) mass is 379 g/mol. The highest BCUT2D eigenvalue weighted by atomic mass is 32.2. The van der Waals surface area contributed by atoms with E-state index in [9.17, 15) is 4.79 Å². The van der Waals surface area contributed by atoms with Crippen LogP contribution in [0.1, 0.15) is 41.3 Å². The number of nitrogens with zero attached hydrogens (tertiary/aromatic N) is 2. The SMILES string of the molecule is Cc1ccc(C(NC(=O)CSCc2cn3cc(C)ccc3n2)C2CC2)cc1. The number of pyridine rings is 1. The average Bonchev–Trinajstić information content (AvgIpc) is 3.41. The summed E-state index contributed by atoms with van der Waals surface area (Å²) in [5, 5.41) is 3.25. The number of hydrogen-bond donors (Lipinski definition) is 1. The molecule has 0 aliphatic heterocycles. The van der Waals surface area contributed by atoms with Crippen LogP contribution in [-0.4, -0.2) is 21.0 Å². The summed E-state index contributed by atoms with van der Waals surface area (Å²) >= 11 is 1.62. The molecule has 140 valence electrons. The molecule has 1 unspecified atom stereocenters. The lowest BCUT2D eigenvalue weighted by Gasteiger charge is -2.19. The summed E-state index contributed by atoms with van der Waals surface area (Å²) in [6.07, 6.45) is 6.52. The normalized spacial score (nSPS) is 15.0. The molecule has 0 saturated heterocycles. The lowest BCUT2D eigenvalue weighted by atomic mass is 10.0. The van der Waals surface area contributed by atoms with Crippen LogP contribution in [0.4, 0.5) is 0 Å². The minimum atomic E-state index is 0.108. The molecule has 3 aromatic rings. The van der Waals surface area contributed by atoms with E-state index in [4.69, 9.17) is 0 Å². The maximum absolute atomic E-state index is 12.5. The first-order chi connectivity index (χ1) is 13.1. The summed E-state index contributed by atoms with van der Waals surface area (Å²) in [6.45, 7) is 4.16. The van der Waals surface area contributed by atoms with Crippen LogP contribution in [0.25, 0.3) is 5.65 Å². The van der Waals surface area contributed by atoms with Crippen molar-refractivity contribution in [2.75, 3.05) is 5.75 Å². The molecule has 4 rings (SSSR count). The Morgan fingerprint density at radius 3 is 2.63 bits per heavy atom. The summed E-state index contributed by atoms with van der Waals surface area (Å²) in [6, 6.07) is 12.8. The van der Waals surface area contributed by atoms with E-state index in [1.54, 1.807) is 11.8 Å². The third kappa shape index (κ3) is 4.53. The van der Waals surface area contributed by atoms with Crippen molar-refractivity contribution >= 4 is 23.3 Å². The molecule has 1 aromatic carbocycles. The highest BCUT2D eigenvalue weighted by molar-refractivity contribution is 7.99.